The molecule has 0 aliphatic heterocycles. The number of para-hydroxylation sites is 1. The van der Waals surface area contributed by atoms with Crippen molar-refractivity contribution in [3.63, 3.8) is 0 Å². The van der Waals surface area contributed by atoms with Crippen molar-refractivity contribution in [2.75, 3.05) is 12.3 Å². The summed E-state index contributed by atoms with van der Waals surface area (Å²) in [5, 5.41) is 8.79. The summed E-state index contributed by atoms with van der Waals surface area (Å²) in [5.74, 6) is 1.14. The number of nitrogens with zero attached hydrogens (tertiary/aromatic N) is 4. The predicted octanol–water partition coefficient (Wildman–Crippen LogP) is 5.08. The van der Waals surface area contributed by atoms with Gasteiger partial charge in [-0.1, -0.05) is 54.6 Å². The predicted molar refractivity (Wildman–Crippen MR) is 152 cm³/mol. The Kier molecular flexibility index (Phi) is 7.34. The average Bonchev–Trinajstić information content (AvgIpc) is 3.56. The van der Waals surface area contributed by atoms with E-state index < -0.39 is 12.3 Å². The van der Waals surface area contributed by atoms with Crippen LogP contribution in [0.2, 0.25) is 0 Å². The van der Waals surface area contributed by atoms with Crippen LogP contribution in [0.3, 0.4) is 0 Å². The number of hydrogen-bond acceptors (Lipinski definition) is 8. The zero-order valence-corrected chi connectivity index (χ0v) is 22.1. The Labute approximate surface area is 224 Å². The normalized spacial score (nSPS) is 12.1. The van der Waals surface area contributed by atoms with Gasteiger partial charge in [0, 0.05) is 30.4 Å². The number of fused-ring (bicyclic) bond motifs is 3. The molecule has 9 nitrogen and oxygen atoms in total. The molecule has 1 amide bonds. The molecule has 1 unspecified atom stereocenters. The quantitative estimate of drug-likeness (QED) is 0.181. The summed E-state index contributed by atoms with van der Waals surface area (Å²) >= 11 is 1.38. The molecule has 0 aliphatic carbocycles. The summed E-state index contributed by atoms with van der Waals surface area (Å²) in [5.41, 5.74) is 12.5. The third kappa shape index (κ3) is 5.51. The lowest BCUT2D eigenvalue weighted by Gasteiger charge is -2.15. The van der Waals surface area contributed by atoms with Crippen molar-refractivity contribution in [3.05, 3.63) is 83.3 Å². The van der Waals surface area contributed by atoms with E-state index in [1.165, 1.54) is 11.5 Å². The van der Waals surface area contributed by atoms with Crippen LogP contribution in [0.1, 0.15) is 25.0 Å². The third-order valence-corrected chi connectivity index (χ3v) is 6.61. The molecule has 0 fully saturated rings. The molecule has 2 aromatic carbocycles. The molecule has 1 atom stereocenters. The zero-order valence-electron chi connectivity index (χ0n) is 21.3. The Morgan fingerprint density at radius 2 is 1.89 bits per heavy atom. The monoisotopic (exact) mass is 527 g/mol. The molecule has 10 heteroatoms. The maximum absolute atomic E-state index is 12.1. The number of rotatable bonds is 9. The minimum Gasteiger partial charge on any atom is -0.431 e. The molecule has 194 valence electrons. The van der Waals surface area contributed by atoms with Crippen molar-refractivity contribution in [1.29, 1.82) is 0 Å². The number of aromatic nitrogens is 4. The van der Waals surface area contributed by atoms with Crippen LogP contribution >= 0.6 is 11.5 Å². The van der Waals surface area contributed by atoms with Gasteiger partial charge in [0.2, 0.25) is 0 Å². The van der Waals surface area contributed by atoms with Crippen molar-refractivity contribution in [1.82, 2.24) is 29.5 Å². The molecule has 0 radical (unpaired) electrons. The number of benzene rings is 2. The number of amides is 1. The van der Waals surface area contributed by atoms with Gasteiger partial charge < -0.3 is 20.4 Å². The van der Waals surface area contributed by atoms with Crippen molar-refractivity contribution in [2.45, 2.75) is 33.2 Å². The number of hydrogen-bond donors (Lipinski definition) is 3. The Balaban J connectivity index is 1.36. The summed E-state index contributed by atoms with van der Waals surface area (Å²) in [6.45, 7) is 9.03. The number of anilines is 1. The van der Waals surface area contributed by atoms with Crippen LogP contribution in [-0.2, 0) is 17.8 Å². The molecule has 3 aromatic heterocycles. The fourth-order valence-electron chi connectivity index (χ4n) is 4.22. The van der Waals surface area contributed by atoms with Crippen molar-refractivity contribution in [2.24, 2.45) is 0 Å². The second-order valence-electron chi connectivity index (χ2n) is 9.17. The smallest absolute Gasteiger partial charge is 0.408 e. The van der Waals surface area contributed by atoms with Gasteiger partial charge in [0.05, 0.1) is 11.0 Å². The van der Waals surface area contributed by atoms with E-state index >= 15 is 0 Å². The Hall–Kier alpha value is -4.28. The number of carbonyl (C=O) groups excluding carboxylic acids is 1. The lowest BCUT2D eigenvalue weighted by Crippen LogP contribution is -2.36. The first-order chi connectivity index (χ1) is 18.4. The van der Waals surface area contributed by atoms with Crippen LogP contribution in [0.4, 0.5) is 10.6 Å². The largest absolute Gasteiger partial charge is 0.431 e. The van der Waals surface area contributed by atoms with Gasteiger partial charge in [0.25, 0.3) is 0 Å². The topological polar surface area (TPSA) is 120 Å². The van der Waals surface area contributed by atoms with E-state index in [4.69, 9.17) is 15.5 Å². The van der Waals surface area contributed by atoms with Gasteiger partial charge in [-0.3, -0.25) is 5.32 Å². The van der Waals surface area contributed by atoms with E-state index in [0.29, 0.717) is 31.0 Å². The summed E-state index contributed by atoms with van der Waals surface area (Å²) in [6.07, 6.45) is -0.891. The molecule has 38 heavy (non-hydrogen) atoms. The summed E-state index contributed by atoms with van der Waals surface area (Å²) in [6, 6.07) is 18.0. The molecule has 0 aliphatic rings. The lowest BCUT2D eigenvalue weighted by molar-refractivity contribution is 0.0899. The molecule has 5 rings (SSSR count). The van der Waals surface area contributed by atoms with E-state index in [0.717, 1.165) is 44.6 Å². The number of alkyl carbamates (subject to hydrolysis) is 1. The van der Waals surface area contributed by atoms with Crippen LogP contribution in [0.5, 0.6) is 0 Å². The minimum absolute atomic E-state index is 0.358. The first kappa shape index (κ1) is 25.4. The molecule has 0 saturated carbocycles. The van der Waals surface area contributed by atoms with Crippen LogP contribution in [0, 0.1) is 0 Å². The maximum atomic E-state index is 12.1. The molecule has 4 N–H and O–H groups in total. The van der Waals surface area contributed by atoms with Gasteiger partial charge in [-0.15, -0.1) is 0 Å². The standard InChI is InChI=1S/C28H29N7O2S/c1-17(2)14-30-18(3)37-28(36)31-15-19-8-10-20(11-9-19)16-35-25-21-6-4-5-7-22(21)32-26(29)24(25)33-27(35)23-12-13-38-34-23/h4-13,18,30H,1,14-16H2,2-3H3,(H2,29,32)(H,31,36). The van der Waals surface area contributed by atoms with E-state index in [-0.39, 0.29) is 0 Å². The maximum Gasteiger partial charge on any atom is 0.408 e. The Bertz CT molecular complexity index is 1590. The number of ether oxygens (including phenoxy) is 1. The van der Waals surface area contributed by atoms with Gasteiger partial charge in [0.15, 0.2) is 17.9 Å². The fraction of sp³-hybridized carbons (Fsp3) is 0.214. The SMILES string of the molecule is C=C(C)CNC(C)OC(=O)NCc1ccc(Cn2c(-c3ccsn3)nc3c(N)nc4ccccc4c32)cc1. The zero-order chi connectivity index (χ0) is 26.6. The highest BCUT2D eigenvalue weighted by atomic mass is 32.1. The van der Waals surface area contributed by atoms with Gasteiger partial charge in [-0.05, 0) is 48.6 Å². The molecular weight excluding hydrogens is 498 g/mol. The van der Waals surface area contributed by atoms with E-state index in [9.17, 15) is 4.79 Å². The fourth-order valence-corrected chi connectivity index (χ4v) is 4.72. The van der Waals surface area contributed by atoms with Gasteiger partial charge in [0.1, 0.15) is 11.2 Å². The van der Waals surface area contributed by atoms with E-state index in [2.05, 4.69) is 31.1 Å². The molecule has 0 saturated heterocycles. The molecule has 0 bridgehead atoms. The number of carbonyl (C=O) groups is 1. The van der Waals surface area contributed by atoms with Gasteiger partial charge in [-0.2, -0.15) is 4.37 Å². The van der Waals surface area contributed by atoms with Crippen molar-refractivity contribution >= 4 is 45.4 Å². The number of nitrogen functional groups attached to an aromatic ring is 1. The van der Waals surface area contributed by atoms with Crippen LogP contribution in [0.25, 0.3) is 33.5 Å². The molecule has 0 spiro atoms. The van der Waals surface area contributed by atoms with Gasteiger partial charge >= 0.3 is 6.09 Å². The van der Waals surface area contributed by atoms with Crippen molar-refractivity contribution in [3.8, 4) is 11.5 Å². The van der Waals surface area contributed by atoms with Gasteiger partial charge in [-0.25, -0.2) is 14.8 Å². The van der Waals surface area contributed by atoms with Crippen LogP contribution in [-0.4, -0.2) is 37.8 Å². The van der Waals surface area contributed by atoms with Crippen molar-refractivity contribution < 1.29 is 9.53 Å². The highest BCUT2D eigenvalue weighted by Crippen LogP contribution is 2.33. The summed E-state index contributed by atoms with van der Waals surface area (Å²) in [4.78, 5) is 21.6. The molecular formula is C28H29N7O2S. The highest BCUT2D eigenvalue weighted by Gasteiger charge is 2.20. The lowest BCUT2D eigenvalue weighted by atomic mass is 10.1. The molecule has 3 heterocycles. The van der Waals surface area contributed by atoms with E-state index in [1.807, 2.05) is 66.9 Å². The second-order valence-corrected chi connectivity index (χ2v) is 9.84. The molecule has 5 aromatic rings. The number of nitrogens with one attached hydrogen (secondary N) is 2. The summed E-state index contributed by atoms with van der Waals surface area (Å²) < 4.78 is 12.0. The number of pyridine rings is 1. The summed E-state index contributed by atoms with van der Waals surface area (Å²) in [7, 11) is 0. The minimum atomic E-state index is -0.480. The number of nitrogens with two attached hydrogens (primary N) is 1. The Morgan fingerprint density at radius 1 is 1.13 bits per heavy atom. The Morgan fingerprint density at radius 3 is 2.63 bits per heavy atom. The second kappa shape index (κ2) is 11.0. The van der Waals surface area contributed by atoms with Crippen LogP contribution in [0.15, 0.2) is 72.1 Å². The first-order valence-electron chi connectivity index (χ1n) is 12.2. The third-order valence-electron chi connectivity index (χ3n) is 6.05. The van der Waals surface area contributed by atoms with E-state index in [1.54, 1.807) is 6.92 Å². The number of imidazole rings is 1. The average molecular weight is 528 g/mol. The first-order valence-corrected chi connectivity index (χ1v) is 13.1. The highest BCUT2D eigenvalue weighted by molar-refractivity contribution is 7.03. The van der Waals surface area contributed by atoms with Crippen LogP contribution < -0.4 is 16.4 Å².